The topological polar surface area (TPSA) is 61.4 Å². The standard InChI is InChI=1S/C22H26N4O.HI/c1-23-22(26-15-18-13-16-7-2-5-11-21(16)27-18)24-12-6-8-17-14-25-20-10-4-3-9-19(17)20;/h2-5,7,9-11,14,18,25H,6,8,12-13,15H2,1H3,(H2,23,24,26);1H. The number of guanidine groups is 1. The maximum Gasteiger partial charge on any atom is 0.191 e. The zero-order valence-corrected chi connectivity index (χ0v) is 18.4. The van der Waals surface area contributed by atoms with E-state index in [9.17, 15) is 0 Å². The Bertz CT molecular complexity index is 912. The van der Waals surface area contributed by atoms with Gasteiger partial charge in [0.25, 0.3) is 0 Å². The normalized spacial score (nSPS) is 15.6. The average Bonchev–Trinajstić information content (AvgIpc) is 3.31. The van der Waals surface area contributed by atoms with Crippen LogP contribution in [0.2, 0.25) is 0 Å². The minimum atomic E-state index is 0. The van der Waals surface area contributed by atoms with Crippen molar-refractivity contribution in [2.45, 2.75) is 25.4 Å². The number of aliphatic imine (C=N–C) groups is 1. The molecule has 1 aromatic heterocycles. The molecule has 2 aromatic carbocycles. The first kappa shape index (κ1) is 20.5. The van der Waals surface area contributed by atoms with E-state index in [-0.39, 0.29) is 30.1 Å². The van der Waals surface area contributed by atoms with Crippen LogP contribution in [0.1, 0.15) is 17.5 Å². The summed E-state index contributed by atoms with van der Waals surface area (Å²) < 4.78 is 5.97. The van der Waals surface area contributed by atoms with E-state index in [4.69, 9.17) is 4.74 Å². The summed E-state index contributed by atoms with van der Waals surface area (Å²) in [6.45, 7) is 1.63. The molecule has 0 aliphatic carbocycles. The van der Waals surface area contributed by atoms with Crippen LogP contribution in [0.3, 0.4) is 0 Å². The third-order valence-corrected chi connectivity index (χ3v) is 5.02. The summed E-state index contributed by atoms with van der Waals surface area (Å²) in [6.07, 6.45) is 5.31. The molecule has 1 atom stereocenters. The highest BCUT2D eigenvalue weighted by Gasteiger charge is 2.22. The first-order chi connectivity index (χ1) is 13.3. The Hall–Kier alpha value is -2.22. The lowest BCUT2D eigenvalue weighted by atomic mass is 10.1. The van der Waals surface area contributed by atoms with Gasteiger partial charge in [0.1, 0.15) is 11.9 Å². The molecule has 4 rings (SSSR count). The van der Waals surface area contributed by atoms with Gasteiger partial charge in [-0.05, 0) is 36.1 Å². The van der Waals surface area contributed by atoms with Crippen LogP contribution < -0.4 is 15.4 Å². The summed E-state index contributed by atoms with van der Waals surface area (Å²) in [5.74, 6) is 1.83. The van der Waals surface area contributed by atoms with Crippen LogP contribution in [-0.2, 0) is 12.8 Å². The lowest BCUT2D eigenvalue weighted by molar-refractivity contribution is 0.235. The Morgan fingerprint density at radius 2 is 1.96 bits per heavy atom. The number of para-hydroxylation sites is 2. The van der Waals surface area contributed by atoms with Gasteiger partial charge in [0.05, 0.1) is 6.54 Å². The lowest BCUT2D eigenvalue weighted by Crippen LogP contribution is -2.42. The largest absolute Gasteiger partial charge is 0.488 e. The minimum absolute atomic E-state index is 0. The summed E-state index contributed by atoms with van der Waals surface area (Å²) in [4.78, 5) is 7.65. The lowest BCUT2D eigenvalue weighted by Gasteiger charge is -2.15. The first-order valence-corrected chi connectivity index (χ1v) is 9.57. The van der Waals surface area contributed by atoms with E-state index in [1.165, 1.54) is 22.0 Å². The van der Waals surface area contributed by atoms with Crippen molar-refractivity contribution in [3.63, 3.8) is 0 Å². The van der Waals surface area contributed by atoms with Crippen LogP contribution in [0, 0.1) is 0 Å². The Morgan fingerprint density at radius 3 is 2.82 bits per heavy atom. The molecule has 1 unspecified atom stereocenters. The molecule has 3 aromatic rings. The number of H-pyrrole nitrogens is 1. The maximum atomic E-state index is 5.97. The predicted molar refractivity (Wildman–Crippen MR) is 126 cm³/mol. The Balaban J connectivity index is 0.00000225. The quantitative estimate of drug-likeness (QED) is 0.213. The third kappa shape index (κ3) is 4.79. The van der Waals surface area contributed by atoms with Crippen molar-refractivity contribution < 1.29 is 4.74 Å². The van der Waals surface area contributed by atoms with Crippen molar-refractivity contribution in [3.05, 3.63) is 65.9 Å². The SMILES string of the molecule is CN=C(NCCCc1c[nH]c2ccccc12)NCC1Cc2ccccc2O1.I. The van der Waals surface area contributed by atoms with Gasteiger partial charge in [-0.3, -0.25) is 4.99 Å². The number of aromatic amines is 1. The highest BCUT2D eigenvalue weighted by molar-refractivity contribution is 14.0. The average molecular weight is 490 g/mol. The molecule has 1 aliphatic heterocycles. The van der Waals surface area contributed by atoms with Gasteiger partial charge in [0, 0.05) is 37.1 Å². The summed E-state index contributed by atoms with van der Waals surface area (Å²) in [7, 11) is 1.80. The summed E-state index contributed by atoms with van der Waals surface area (Å²) in [5, 5.41) is 8.09. The number of aromatic nitrogens is 1. The van der Waals surface area contributed by atoms with Crippen LogP contribution >= 0.6 is 24.0 Å². The molecule has 6 heteroatoms. The van der Waals surface area contributed by atoms with Crippen molar-refractivity contribution in [3.8, 4) is 5.75 Å². The molecule has 0 saturated carbocycles. The van der Waals surface area contributed by atoms with E-state index >= 15 is 0 Å². The molecule has 28 heavy (non-hydrogen) atoms. The molecule has 0 fully saturated rings. The van der Waals surface area contributed by atoms with Crippen LogP contribution in [0.15, 0.2) is 59.7 Å². The number of aryl methyl sites for hydroxylation is 1. The van der Waals surface area contributed by atoms with Gasteiger partial charge in [0.2, 0.25) is 0 Å². The zero-order chi connectivity index (χ0) is 18.5. The molecular formula is C22H27IN4O. The minimum Gasteiger partial charge on any atom is -0.488 e. The molecule has 5 nitrogen and oxygen atoms in total. The van der Waals surface area contributed by atoms with E-state index in [0.717, 1.165) is 44.1 Å². The second-order valence-corrected chi connectivity index (χ2v) is 6.89. The van der Waals surface area contributed by atoms with Crippen molar-refractivity contribution in [1.29, 1.82) is 0 Å². The van der Waals surface area contributed by atoms with Crippen LogP contribution in [0.5, 0.6) is 5.75 Å². The van der Waals surface area contributed by atoms with E-state index in [1.54, 1.807) is 7.05 Å². The van der Waals surface area contributed by atoms with E-state index in [0.29, 0.717) is 0 Å². The van der Waals surface area contributed by atoms with Gasteiger partial charge in [-0.15, -0.1) is 24.0 Å². The number of ether oxygens (including phenoxy) is 1. The van der Waals surface area contributed by atoms with Crippen molar-refractivity contribution in [2.24, 2.45) is 4.99 Å². The molecule has 0 saturated heterocycles. The zero-order valence-electron chi connectivity index (χ0n) is 16.1. The van der Waals surface area contributed by atoms with Crippen molar-refractivity contribution in [2.75, 3.05) is 20.1 Å². The van der Waals surface area contributed by atoms with Crippen LogP contribution in [0.25, 0.3) is 10.9 Å². The molecule has 0 spiro atoms. The molecule has 0 amide bonds. The van der Waals surface area contributed by atoms with Gasteiger partial charge in [-0.1, -0.05) is 36.4 Å². The van der Waals surface area contributed by atoms with Gasteiger partial charge in [0.15, 0.2) is 5.96 Å². The van der Waals surface area contributed by atoms with E-state index < -0.39 is 0 Å². The van der Waals surface area contributed by atoms with Gasteiger partial charge >= 0.3 is 0 Å². The Labute approximate surface area is 183 Å². The Morgan fingerprint density at radius 1 is 1.14 bits per heavy atom. The number of benzene rings is 2. The monoisotopic (exact) mass is 490 g/mol. The fraction of sp³-hybridized carbons (Fsp3) is 0.318. The highest BCUT2D eigenvalue weighted by atomic mass is 127. The second kappa shape index (κ2) is 9.82. The number of hydrogen-bond acceptors (Lipinski definition) is 2. The number of nitrogens with one attached hydrogen (secondary N) is 3. The molecule has 1 aliphatic rings. The molecule has 2 heterocycles. The summed E-state index contributed by atoms with van der Waals surface area (Å²) in [5.41, 5.74) is 3.86. The number of nitrogens with zero attached hydrogens (tertiary/aromatic N) is 1. The maximum absolute atomic E-state index is 5.97. The summed E-state index contributed by atoms with van der Waals surface area (Å²) in [6, 6.07) is 16.7. The number of halogens is 1. The second-order valence-electron chi connectivity index (χ2n) is 6.89. The fourth-order valence-electron chi connectivity index (χ4n) is 3.62. The summed E-state index contributed by atoms with van der Waals surface area (Å²) >= 11 is 0. The molecular weight excluding hydrogens is 463 g/mol. The van der Waals surface area contributed by atoms with Crippen LogP contribution in [0.4, 0.5) is 0 Å². The predicted octanol–water partition coefficient (Wildman–Crippen LogP) is 3.89. The molecule has 0 bridgehead atoms. The van der Waals surface area contributed by atoms with Gasteiger partial charge in [-0.2, -0.15) is 0 Å². The fourth-order valence-corrected chi connectivity index (χ4v) is 3.62. The molecule has 148 valence electrons. The first-order valence-electron chi connectivity index (χ1n) is 9.57. The third-order valence-electron chi connectivity index (χ3n) is 5.02. The number of hydrogen-bond donors (Lipinski definition) is 3. The Kier molecular flexibility index (Phi) is 7.19. The molecule has 3 N–H and O–H groups in total. The van der Waals surface area contributed by atoms with Crippen molar-refractivity contribution in [1.82, 2.24) is 15.6 Å². The van der Waals surface area contributed by atoms with Gasteiger partial charge in [-0.25, -0.2) is 0 Å². The van der Waals surface area contributed by atoms with E-state index in [1.807, 2.05) is 12.1 Å². The number of fused-ring (bicyclic) bond motifs is 2. The van der Waals surface area contributed by atoms with Crippen LogP contribution in [-0.4, -0.2) is 37.2 Å². The smallest absolute Gasteiger partial charge is 0.191 e. The van der Waals surface area contributed by atoms with Crippen molar-refractivity contribution >= 4 is 40.8 Å². The molecule has 0 radical (unpaired) electrons. The van der Waals surface area contributed by atoms with Gasteiger partial charge < -0.3 is 20.4 Å². The number of rotatable bonds is 6. The highest BCUT2D eigenvalue weighted by Crippen LogP contribution is 2.27. The van der Waals surface area contributed by atoms with E-state index in [2.05, 4.69) is 63.2 Å².